The molecule has 5 atom stereocenters. The van der Waals surface area contributed by atoms with E-state index < -0.39 is 16.1 Å². The summed E-state index contributed by atoms with van der Waals surface area (Å²) in [7, 11) is -2.18. The number of unbranched alkanes of at least 4 members (excludes halogenated alkanes) is 3. The number of benzene rings is 1. The largest absolute Gasteiger partial charge is 0.513 e. The maximum atomic E-state index is 13.1. The Morgan fingerprint density at radius 3 is 1.39 bits per heavy atom. The van der Waals surface area contributed by atoms with Crippen molar-refractivity contribution in [3.63, 3.8) is 0 Å². The monoisotopic (exact) mass is 614 g/mol. The Morgan fingerprint density at radius 1 is 0.610 bits per heavy atom. The number of ether oxygens (including phenoxy) is 2. The van der Waals surface area contributed by atoms with Crippen molar-refractivity contribution < 1.29 is 27.7 Å². The van der Waals surface area contributed by atoms with Crippen molar-refractivity contribution in [2.24, 2.45) is 17.8 Å². The van der Waals surface area contributed by atoms with Gasteiger partial charge < -0.3 is 9.47 Å². The van der Waals surface area contributed by atoms with Crippen molar-refractivity contribution in [3.05, 3.63) is 23.3 Å². The Labute approximate surface area is 253 Å². The summed E-state index contributed by atoms with van der Waals surface area (Å²) in [5.74, 6) is 2.61. The summed E-state index contributed by atoms with van der Waals surface area (Å²) in [5, 5.41) is 0. The molecule has 0 N–H and O–H groups in total. The van der Waals surface area contributed by atoms with Crippen LogP contribution in [0.2, 0.25) is 0 Å². The van der Waals surface area contributed by atoms with E-state index in [0.717, 1.165) is 81.8 Å². The summed E-state index contributed by atoms with van der Waals surface area (Å²) in [5.41, 5.74) is 1.60. The summed E-state index contributed by atoms with van der Waals surface area (Å²) in [6.45, 7) is 14.7. The van der Waals surface area contributed by atoms with E-state index in [1.165, 1.54) is 6.42 Å². The van der Waals surface area contributed by atoms with Crippen LogP contribution < -0.4 is 9.47 Å². The van der Waals surface area contributed by atoms with Gasteiger partial charge in [0.2, 0.25) is 12.3 Å². The third-order valence-electron chi connectivity index (χ3n) is 8.08. The first-order valence-electron chi connectivity index (χ1n) is 16.3. The summed E-state index contributed by atoms with van der Waals surface area (Å²) in [6, 6.07) is 3.81. The van der Waals surface area contributed by atoms with Crippen molar-refractivity contribution in [1.82, 2.24) is 0 Å². The Morgan fingerprint density at radius 2 is 1.00 bits per heavy atom. The van der Waals surface area contributed by atoms with Crippen molar-refractivity contribution in [3.8, 4) is 11.5 Å². The van der Waals surface area contributed by atoms with E-state index in [-0.39, 0.29) is 12.3 Å². The molecule has 41 heavy (non-hydrogen) atoms. The zero-order valence-electron chi connectivity index (χ0n) is 27.3. The first kappa shape index (κ1) is 38.0. The van der Waals surface area contributed by atoms with Gasteiger partial charge in [0.05, 0.1) is 13.7 Å². The van der Waals surface area contributed by atoms with E-state index in [0.29, 0.717) is 49.1 Å². The van der Waals surface area contributed by atoms with Crippen LogP contribution in [0, 0.1) is 17.8 Å². The third-order valence-corrected chi connectivity index (χ3v) is 10.1. The van der Waals surface area contributed by atoms with Gasteiger partial charge in [-0.05, 0) is 58.3 Å². The highest BCUT2D eigenvalue weighted by molar-refractivity contribution is 7.38. The average Bonchev–Trinajstić information content (AvgIpc) is 2.98. The average molecular weight is 615 g/mol. The number of methoxy groups -OCH3 is 1. The van der Waals surface area contributed by atoms with Crippen molar-refractivity contribution in [1.29, 1.82) is 0 Å². The molecule has 0 saturated heterocycles. The SMILES string of the molecule is CCCCC(CC)COc1cc(C[P+](=O)OCC(CC)CCCC)c(OC)cc1C[P+](=O)OCC(CC)CCCC. The molecule has 0 aliphatic heterocycles. The summed E-state index contributed by atoms with van der Waals surface area (Å²) in [6.07, 6.45) is 13.9. The van der Waals surface area contributed by atoms with Gasteiger partial charge in [0.15, 0.2) is 0 Å². The lowest BCUT2D eigenvalue weighted by Crippen LogP contribution is -2.12. The molecule has 0 saturated carbocycles. The molecule has 1 aromatic carbocycles. The first-order valence-corrected chi connectivity index (χ1v) is 19.0. The van der Waals surface area contributed by atoms with Crippen molar-refractivity contribution >= 4 is 16.1 Å². The molecule has 0 fully saturated rings. The Kier molecular flexibility index (Phi) is 21.7. The molecule has 236 valence electrons. The number of hydrogen-bond acceptors (Lipinski definition) is 6. The predicted octanol–water partition coefficient (Wildman–Crippen LogP) is 11.2. The Hall–Kier alpha value is -1.06. The molecular weight excluding hydrogens is 554 g/mol. The minimum atomic E-state index is -1.90. The maximum absolute atomic E-state index is 13.1. The molecule has 0 aliphatic carbocycles. The lowest BCUT2D eigenvalue weighted by molar-refractivity contribution is 0.230. The van der Waals surface area contributed by atoms with Gasteiger partial charge in [-0.1, -0.05) is 99.3 Å². The van der Waals surface area contributed by atoms with Gasteiger partial charge >= 0.3 is 16.1 Å². The van der Waals surface area contributed by atoms with Gasteiger partial charge in [-0.2, -0.15) is 0 Å². The van der Waals surface area contributed by atoms with Crippen LogP contribution in [-0.4, -0.2) is 26.9 Å². The fourth-order valence-corrected chi connectivity index (χ4v) is 6.85. The standard InChI is InChI=1S/C33H60O6P2/c1-8-14-17-27(11-4)22-37-33-21-30(25-40(34)38-23-28(12-5)18-15-9-2)32(36-7)20-31(33)26-41(35)39-24-29(13-6)19-16-10-3/h20-21,27-29H,8-19,22-26H2,1-7H3/q+2. The molecule has 0 bridgehead atoms. The molecule has 0 amide bonds. The van der Waals surface area contributed by atoms with E-state index in [4.69, 9.17) is 18.5 Å². The van der Waals surface area contributed by atoms with Crippen LogP contribution in [0.4, 0.5) is 0 Å². The molecule has 5 unspecified atom stereocenters. The van der Waals surface area contributed by atoms with Crippen LogP contribution in [0.5, 0.6) is 11.5 Å². The fourth-order valence-electron chi connectivity index (χ4n) is 4.86. The topological polar surface area (TPSA) is 71.1 Å². The second-order valence-corrected chi connectivity index (χ2v) is 13.9. The minimum absolute atomic E-state index is 0.255. The van der Waals surface area contributed by atoms with Crippen LogP contribution in [0.1, 0.15) is 130 Å². The van der Waals surface area contributed by atoms with Crippen molar-refractivity contribution in [2.75, 3.05) is 26.9 Å². The van der Waals surface area contributed by atoms with E-state index in [1.54, 1.807) is 7.11 Å². The lowest BCUT2D eigenvalue weighted by atomic mass is 10.0. The smallest absolute Gasteiger partial charge is 0.496 e. The van der Waals surface area contributed by atoms with Crippen LogP contribution in [0.25, 0.3) is 0 Å². The van der Waals surface area contributed by atoms with Crippen LogP contribution in [0.15, 0.2) is 12.1 Å². The zero-order chi connectivity index (χ0) is 30.5. The molecule has 1 rings (SSSR count). The second kappa shape index (κ2) is 23.4. The van der Waals surface area contributed by atoms with Crippen LogP contribution in [-0.2, 0) is 30.5 Å². The lowest BCUT2D eigenvalue weighted by Gasteiger charge is -2.18. The quantitative estimate of drug-likeness (QED) is 0.0967. The Bertz CT molecular complexity index is 862. The van der Waals surface area contributed by atoms with Gasteiger partial charge in [0, 0.05) is 11.1 Å². The second-order valence-electron chi connectivity index (χ2n) is 11.4. The Balaban J connectivity index is 3.09. The number of rotatable bonds is 26. The van der Waals surface area contributed by atoms with Crippen molar-refractivity contribution in [2.45, 2.75) is 131 Å². The highest BCUT2D eigenvalue weighted by Gasteiger charge is 2.29. The molecular formula is C33H60O6P2+2. The molecule has 8 heteroatoms. The number of hydrogen-bond donors (Lipinski definition) is 0. The summed E-state index contributed by atoms with van der Waals surface area (Å²) in [4.78, 5) is 0. The first-order chi connectivity index (χ1) is 19.8. The van der Waals surface area contributed by atoms with Crippen LogP contribution >= 0.6 is 16.1 Å². The van der Waals surface area contributed by atoms with Gasteiger partial charge in [-0.25, -0.2) is 0 Å². The molecule has 1 aromatic rings. The predicted molar refractivity (Wildman–Crippen MR) is 173 cm³/mol. The highest BCUT2D eigenvalue weighted by Crippen LogP contribution is 2.41. The third kappa shape index (κ3) is 15.8. The normalized spacial score (nSPS) is 14.4. The molecule has 0 spiro atoms. The van der Waals surface area contributed by atoms with E-state index in [1.807, 2.05) is 12.1 Å². The van der Waals surface area contributed by atoms with Gasteiger partial charge in [0.25, 0.3) is 0 Å². The maximum Gasteiger partial charge on any atom is 0.513 e. The van der Waals surface area contributed by atoms with Gasteiger partial charge in [-0.3, -0.25) is 0 Å². The van der Waals surface area contributed by atoms with Gasteiger partial charge in [0.1, 0.15) is 24.7 Å². The molecule has 0 radical (unpaired) electrons. The molecule has 6 nitrogen and oxygen atoms in total. The molecule has 0 aliphatic rings. The van der Waals surface area contributed by atoms with E-state index >= 15 is 0 Å². The zero-order valence-corrected chi connectivity index (χ0v) is 29.0. The van der Waals surface area contributed by atoms with E-state index in [9.17, 15) is 9.13 Å². The van der Waals surface area contributed by atoms with Crippen LogP contribution in [0.3, 0.4) is 0 Å². The fraction of sp³-hybridized carbons (Fsp3) is 0.818. The van der Waals surface area contributed by atoms with Gasteiger partial charge in [-0.15, -0.1) is 9.05 Å². The molecule has 0 aromatic heterocycles. The molecule has 0 heterocycles. The summed E-state index contributed by atoms with van der Waals surface area (Å²) >= 11 is 0. The highest BCUT2D eigenvalue weighted by atomic mass is 31.1. The minimum Gasteiger partial charge on any atom is -0.496 e. The summed E-state index contributed by atoms with van der Waals surface area (Å²) < 4.78 is 49.9. The van der Waals surface area contributed by atoms with E-state index in [2.05, 4.69) is 41.5 Å².